The molecule has 1 saturated carbocycles. The first-order chi connectivity index (χ1) is 8.31. The summed E-state index contributed by atoms with van der Waals surface area (Å²) < 4.78 is 0. The van der Waals surface area contributed by atoms with Gasteiger partial charge in [-0.25, -0.2) is 0 Å². The zero-order valence-electron chi connectivity index (χ0n) is 10.6. The first-order valence-electron chi connectivity index (χ1n) is 6.70. The average molecular weight is 233 g/mol. The molecule has 0 radical (unpaired) electrons. The molecule has 0 saturated heterocycles. The summed E-state index contributed by atoms with van der Waals surface area (Å²) >= 11 is 0. The lowest BCUT2D eigenvalue weighted by Gasteiger charge is -2.20. The van der Waals surface area contributed by atoms with Crippen molar-refractivity contribution in [1.29, 1.82) is 0 Å². The molecule has 1 aliphatic rings. The van der Waals surface area contributed by atoms with Crippen molar-refractivity contribution in [3.05, 3.63) is 35.9 Å². The van der Waals surface area contributed by atoms with E-state index in [-0.39, 0.29) is 6.61 Å². The van der Waals surface area contributed by atoms with E-state index in [1.165, 1.54) is 18.4 Å². The van der Waals surface area contributed by atoms with Crippen molar-refractivity contribution < 1.29 is 5.11 Å². The summed E-state index contributed by atoms with van der Waals surface area (Å²) in [5, 5.41) is 12.8. The van der Waals surface area contributed by atoms with E-state index in [9.17, 15) is 0 Å². The predicted octanol–water partition coefficient (Wildman–Crippen LogP) is 2.54. The molecule has 1 aromatic carbocycles. The predicted molar refractivity (Wildman–Crippen MR) is 71.1 cm³/mol. The summed E-state index contributed by atoms with van der Waals surface area (Å²) in [4.78, 5) is 0. The van der Waals surface area contributed by atoms with Gasteiger partial charge in [0.25, 0.3) is 0 Å². The van der Waals surface area contributed by atoms with Crippen LogP contribution in [0.25, 0.3) is 0 Å². The van der Waals surface area contributed by atoms with Gasteiger partial charge in [-0.2, -0.15) is 0 Å². The van der Waals surface area contributed by atoms with E-state index in [0.29, 0.717) is 12.0 Å². The molecule has 0 aromatic heterocycles. The molecule has 0 spiro atoms. The molecule has 2 N–H and O–H groups in total. The maximum atomic E-state index is 9.16. The highest BCUT2D eigenvalue weighted by Gasteiger charge is 2.27. The molecule has 0 aliphatic heterocycles. The van der Waals surface area contributed by atoms with Crippen molar-refractivity contribution >= 4 is 0 Å². The molecule has 2 nitrogen and oxygen atoms in total. The number of rotatable bonds is 7. The Bertz CT molecular complexity index is 321. The molecule has 17 heavy (non-hydrogen) atoms. The topological polar surface area (TPSA) is 32.3 Å². The minimum atomic E-state index is 0.263. The molecular weight excluding hydrogens is 210 g/mol. The van der Waals surface area contributed by atoms with Crippen LogP contribution in [0.5, 0.6) is 0 Å². The van der Waals surface area contributed by atoms with Crippen molar-refractivity contribution in [2.45, 2.75) is 38.1 Å². The van der Waals surface area contributed by atoms with Gasteiger partial charge in [-0.3, -0.25) is 0 Å². The highest BCUT2D eigenvalue weighted by atomic mass is 16.3. The molecule has 0 heterocycles. The van der Waals surface area contributed by atoms with E-state index in [0.717, 1.165) is 18.9 Å². The van der Waals surface area contributed by atoms with Gasteiger partial charge in [0.05, 0.1) is 0 Å². The van der Waals surface area contributed by atoms with Gasteiger partial charge < -0.3 is 10.4 Å². The summed E-state index contributed by atoms with van der Waals surface area (Å²) in [7, 11) is 0. The van der Waals surface area contributed by atoms with Gasteiger partial charge in [0, 0.05) is 19.2 Å². The quantitative estimate of drug-likeness (QED) is 0.758. The summed E-state index contributed by atoms with van der Waals surface area (Å²) in [6.07, 6.45) is 3.60. The van der Waals surface area contributed by atoms with Crippen molar-refractivity contribution in [2.75, 3.05) is 13.2 Å². The molecule has 2 rings (SSSR count). The second-order valence-electron chi connectivity index (χ2n) is 5.15. The molecule has 2 atom stereocenters. The molecule has 2 unspecified atom stereocenters. The van der Waals surface area contributed by atoms with Gasteiger partial charge in [-0.15, -0.1) is 0 Å². The molecular formula is C15H23NO. The first kappa shape index (κ1) is 12.6. The summed E-state index contributed by atoms with van der Waals surface area (Å²) in [6.45, 7) is 3.51. The molecule has 1 aromatic rings. The zero-order valence-corrected chi connectivity index (χ0v) is 10.6. The van der Waals surface area contributed by atoms with Gasteiger partial charge >= 0.3 is 0 Å². The van der Waals surface area contributed by atoms with Crippen LogP contribution in [0.2, 0.25) is 0 Å². The summed E-state index contributed by atoms with van der Waals surface area (Å²) in [6, 6.07) is 11.1. The van der Waals surface area contributed by atoms with Crippen LogP contribution in [-0.4, -0.2) is 24.3 Å². The molecule has 94 valence electrons. The van der Waals surface area contributed by atoms with Crippen LogP contribution in [0.15, 0.2) is 30.3 Å². The fraction of sp³-hybridized carbons (Fsp3) is 0.600. The third-order valence-corrected chi connectivity index (χ3v) is 3.76. The Balaban J connectivity index is 1.88. The number of nitrogens with one attached hydrogen (secondary N) is 1. The number of aliphatic hydroxyl groups is 1. The fourth-order valence-electron chi connectivity index (χ4n) is 2.36. The van der Waals surface area contributed by atoms with E-state index in [2.05, 4.69) is 36.5 Å². The van der Waals surface area contributed by atoms with E-state index in [1.54, 1.807) is 0 Å². The van der Waals surface area contributed by atoms with Crippen molar-refractivity contribution in [3.8, 4) is 0 Å². The van der Waals surface area contributed by atoms with Crippen molar-refractivity contribution in [3.63, 3.8) is 0 Å². The Hall–Kier alpha value is -0.860. The van der Waals surface area contributed by atoms with Crippen LogP contribution in [0.4, 0.5) is 0 Å². The first-order valence-corrected chi connectivity index (χ1v) is 6.70. The van der Waals surface area contributed by atoms with Crippen LogP contribution >= 0.6 is 0 Å². The van der Waals surface area contributed by atoms with Gasteiger partial charge in [0.1, 0.15) is 0 Å². The van der Waals surface area contributed by atoms with Gasteiger partial charge in [-0.05, 0) is 43.6 Å². The number of benzene rings is 1. The standard InChI is InChI=1S/C15H23NO/c1-12(13-7-8-13)16-11-15(9-10-17)14-5-3-2-4-6-14/h2-6,12-13,15-17H,7-11H2,1H3. The second kappa shape index (κ2) is 6.18. The van der Waals surface area contributed by atoms with Crippen molar-refractivity contribution in [2.24, 2.45) is 5.92 Å². The number of aliphatic hydroxyl groups excluding tert-OH is 1. The minimum absolute atomic E-state index is 0.263. The lowest BCUT2D eigenvalue weighted by Crippen LogP contribution is -2.32. The van der Waals surface area contributed by atoms with Crippen LogP contribution in [-0.2, 0) is 0 Å². The highest BCUT2D eigenvalue weighted by Crippen LogP contribution is 2.32. The third-order valence-electron chi connectivity index (χ3n) is 3.76. The summed E-state index contributed by atoms with van der Waals surface area (Å²) in [5.74, 6) is 1.32. The highest BCUT2D eigenvalue weighted by molar-refractivity contribution is 5.19. The SMILES string of the molecule is CC(NCC(CCO)c1ccccc1)C1CC1. The van der Waals surface area contributed by atoms with Gasteiger partial charge in [0.15, 0.2) is 0 Å². The largest absolute Gasteiger partial charge is 0.396 e. The smallest absolute Gasteiger partial charge is 0.0437 e. The second-order valence-corrected chi connectivity index (χ2v) is 5.15. The monoisotopic (exact) mass is 233 g/mol. The average Bonchev–Trinajstić information content (AvgIpc) is 3.19. The molecule has 2 heteroatoms. The Morgan fingerprint density at radius 1 is 1.29 bits per heavy atom. The van der Waals surface area contributed by atoms with E-state index in [1.807, 2.05) is 6.07 Å². The Morgan fingerprint density at radius 2 is 2.00 bits per heavy atom. The van der Waals surface area contributed by atoms with Crippen LogP contribution in [0.1, 0.15) is 37.7 Å². The zero-order chi connectivity index (χ0) is 12.1. The van der Waals surface area contributed by atoms with E-state index in [4.69, 9.17) is 5.11 Å². The van der Waals surface area contributed by atoms with Crippen LogP contribution in [0, 0.1) is 5.92 Å². The van der Waals surface area contributed by atoms with Crippen LogP contribution < -0.4 is 5.32 Å². The minimum Gasteiger partial charge on any atom is -0.396 e. The van der Waals surface area contributed by atoms with E-state index >= 15 is 0 Å². The Morgan fingerprint density at radius 3 is 2.59 bits per heavy atom. The van der Waals surface area contributed by atoms with E-state index < -0.39 is 0 Å². The molecule has 1 fully saturated rings. The fourth-order valence-corrected chi connectivity index (χ4v) is 2.36. The maximum Gasteiger partial charge on any atom is 0.0437 e. The van der Waals surface area contributed by atoms with Crippen molar-refractivity contribution in [1.82, 2.24) is 5.32 Å². The Labute approximate surface area is 104 Å². The molecule has 1 aliphatic carbocycles. The normalized spacial score (nSPS) is 18.9. The number of hydrogen-bond donors (Lipinski definition) is 2. The lowest BCUT2D eigenvalue weighted by atomic mass is 9.95. The van der Waals surface area contributed by atoms with Gasteiger partial charge in [-0.1, -0.05) is 30.3 Å². The lowest BCUT2D eigenvalue weighted by molar-refractivity contribution is 0.271. The Kier molecular flexibility index (Phi) is 4.57. The van der Waals surface area contributed by atoms with Gasteiger partial charge in [0.2, 0.25) is 0 Å². The molecule has 0 bridgehead atoms. The maximum absolute atomic E-state index is 9.16. The molecule has 0 amide bonds. The third kappa shape index (κ3) is 3.83. The van der Waals surface area contributed by atoms with Crippen LogP contribution in [0.3, 0.4) is 0 Å². The number of hydrogen-bond acceptors (Lipinski definition) is 2. The summed E-state index contributed by atoms with van der Waals surface area (Å²) in [5.41, 5.74) is 1.33.